The van der Waals surface area contributed by atoms with Gasteiger partial charge in [-0.3, -0.25) is 14.3 Å². The number of carboxylic acids is 1. The van der Waals surface area contributed by atoms with E-state index in [9.17, 15) is 50.2 Å². The number of carbonyl (C=O) groups is 3. The van der Waals surface area contributed by atoms with Gasteiger partial charge in [0.1, 0.15) is 11.2 Å². The zero-order chi connectivity index (χ0) is 39.2. The first kappa shape index (κ1) is 38.5. The number of carboxylic acid groups (broad SMARTS) is 1. The zero-order valence-corrected chi connectivity index (χ0v) is 29.0. The summed E-state index contributed by atoms with van der Waals surface area (Å²) in [6, 6.07) is 14.4. The fourth-order valence-electron chi connectivity index (χ4n) is 7.06. The van der Waals surface area contributed by atoms with Crippen LogP contribution in [0.1, 0.15) is 51.3 Å². The largest absolute Gasteiger partial charge is 0.478 e. The number of aromatic carboxylic acids is 1. The first-order chi connectivity index (χ1) is 25.3. The Labute approximate surface area is 304 Å². The molecule has 1 N–H and O–H groups in total. The summed E-state index contributed by atoms with van der Waals surface area (Å²) in [4.78, 5) is 41.8. The molecule has 3 aromatic carbocycles. The molecule has 0 bridgehead atoms. The van der Waals surface area contributed by atoms with Crippen molar-refractivity contribution in [3.63, 3.8) is 0 Å². The predicted octanol–water partition coefficient (Wildman–Crippen LogP) is 7.16. The van der Waals surface area contributed by atoms with Crippen molar-refractivity contribution in [3.8, 4) is 11.1 Å². The van der Waals surface area contributed by atoms with Crippen molar-refractivity contribution in [3.05, 3.63) is 113 Å². The van der Waals surface area contributed by atoms with Crippen molar-refractivity contribution >= 4 is 17.8 Å². The molecule has 3 heterocycles. The lowest BCUT2D eigenvalue weighted by atomic mass is 9.70. The molecular weight excluding hydrogens is 725 g/mol. The van der Waals surface area contributed by atoms with E-state index < -0.39 is 58.3 Å². The van der Waals surface area contributed by atoms with Crippen LogP contribution in [0, 0.1) is 22.6 Å². The van der Waals surface area contributed by atoms with Gasteiger partial charge in [0.25, 0.3) is 5.91 Å². The van der Waals surface area contributed by atoms with Gasteiger partial charge in [0.2, 0.25) is 5.91 Å². The lowest BCUT2D eigenvalue weighted by Gasteiger charge is -2.52. The van der Waals surface area contributed by atoms with Gasteiger partial charge in [-0.25, -0.2) is 9.18 Å². The fourth-order valence-corrected chi connectivity index (χ4v) is 7.06. The Morgan fingerprint density at radius 2 is 1.59 bits per heavy atom. The number of ether oxygens (including phenoxy) is 1. The minimum absolute atomic E-state index is 0.0370. The maximum Gasteiger partial charge on any atom is 0.416 e. The van der Waals surface area contributed by atoms with Gasteiger partial charge >= 0.3 is 18.3 Å². The lowest BCUT2D eigenvalue weighted by molar-refractivity contribution is -0.223. The number of rotatable bonds is 10. The molecule has 1 atom stereocenters. The molecule has 0 saturated carbocycles. The molecule has 2 fully saturated rings. The van der Waals surface area contributed by atoms with Crippen LogP contribution in [0.3, 0.4) is 0 Å². The molecule has 4 aromatic rings. The Morgan fingerprint density at radius 3 is 2.24 bits per heavy atom. The van der Waals surface area contributed by atoms with E-state index in [1.807, 2.05) is 0 Å². The first-order valence-corrected chi connectivity index (χ1v) is 16.8. The third-order valence-electron chi connectivity index (χ3n) is 10.2. The first-order valence-electron chi connectivity index (χ1n) is 16.8. The molecule has 54 heavy (non-hydrogen) atoms. The molecule has 0 aliphatic carbocycles. The minimum atomic E-state index is -4.80. The SMILES string of the molecule is CC(C)(C(=O)N1CC2(CN(C(=O)c3cnn(Cc4ccc(F)cc4)c3)C[C@H]2COCc2cccc(-c3cccc(C(F)(F)F)c3)c2C(=O)O)C1)C(F)(F)F. The Kier molecular flexibility index (Phi) is 10.1. The average molecular weight is 761 g/mol. The summed E-state index contributed by atoms with van der Waals surface area (Å²) in [5.74, 6) is -3.81. The standard InChI is InChI=1S/C38H35F7N4O5/c1-35(2,38(43,44)45)34(53)48-21-36(22-48)20-47(32(50)26-14-46-49(16-26)15-23-9-11-29(39)12-10-23)17-28(36)19-54-18-25-6-4-8-30(31(25)33(51)52)24-5-3-7-27(13-24)37(40,41)42/h3-14,16,28H,15,17-22H2,1-2H3,(H,51,52)/t28-/m0/s1. The number of carbonyl (C=O) groups excluding carboxylic acids is 2. The molecule has 9 nitrogen and oxygen atoms in total. The maximum atomic E-state index is 13.8. The van der Waals surface area contributed by atoms with Crippen LogP contribution in [0.4, 0.5) is 30.7 Å². The monoisotopic (exact) mass is 760 g/mol. The van der Waals surface area contributed by atoms with Gasteiger partial charge in [0, 0.05) is 43.7 Å². The van der Waals surface area contributed by atoms with Gasteiger partial charge in [0.05, 0.1) is 42.6 Å². The zero-order valence-electron chi connectivity index (χ0n) is 29.0. The highest BCUT2D eigenvalue weighted by atomic mass is 19.4. The molecule has 2 saturated heterocycles. The molecule has 2 aliphatic rings. The van der Waals surface area contributed by atoms with E-state index in [0.29, 0.717) is 0 Å². The van der Waals surface area contributed by atoms with Gasteiger partial charge in [0.15, 0.2) is 0 Å². The number of hydrogen-bond acceptors (Lipinski definition) is 5. The second-order valence-corrected chi connectivity index (χ2v) is 14.3. The molecule has 0 radical (unpaired) electrons. The van der Waals surface area contributed by atoms with Crippen molar-refractivity contribution in [1.29, 1.82) is 0 Å². The molecule has 16 heteroatoms. The lowest BCUT2D eigenvalue weighted by Crippen LogP contribution is -2.66. The summed E-state index contributed by atoms with van der Waals surface area (Å²) < 4.78 is 102. The van der Waals surface area contributed by atoms with E-state index in [-0.39, 0.29) is 73.8 Å². The third-order valence-corrected chi connectivity index (χ3v) is 10.2. The van der Waals surface area contributed by atoms with Gasteiger partial charge in [-0.2, -0.15) is 31.4 Å². The number of hydrogen-bond donors (Lipinski definition) is 1. The second-order valence-electron chi connectivity index (χ2n) is 14.3. The molecular formula is C38H35F7N4O5. The molecule has 1 aromatic heterocycles. The number of benzene rings is 3. The van der Waals surface area contributed by atoms with Crippen LogP contribution in [-0.2, 0) is 28.9 Å². The minimum Gasteiger partial charge on any atom is -0.478 e. The van der Waals surface area contributed by atoms with Crippen LogP contribution >= 0.6 is 0 Å². The fraction of sp³-hybridized carbons (Fsp3) is 0.368. The Hall–Kier alpha value is -5.25. The number of amides is 2. The number of halogens is 7. The summed E-state index contributed by atoms with van der Waals surface area (Å²) in [5.41, 5.74) is -3.47. The smallest absolute Gasteiger partial charge is 0.416 e. The number of nitrogens with zero attached hydrogens (tertiary/aromatic N) is 4. The van der Waals surface area contributed by atoms with E-state index in [2.05, 4.69) is 5.10 Å². The van der Waals surface area contributed by atoms with Gasteiger partial charge in [-0.05, 0) is 60.4 Å². The summed E-state index contributed by atoms with van der Waals surface area (Å²) in [5, 5.41) is 14.4. The van der Waals surface area contributed by atoms with Crippen molar-refractivity contribution in [2.24, 2.45) is 16.7 Å². The van der Waals surface area contributed by atoms with E-state index in [1.165, 1.54) is 64.4 Å². The van der Waals surface area contributed by atoms with Crippen LogP contribution in [0.25, 0.3) is 11.1 Å². The number of likely N-dealkylation sites (tertiary alicyclic amines) is 2. The predicted molar refractivity (Wildman–Crippen MR) is 179 cm³/mol. The molecule has 2 amide bonds. The summed E-state index contributed by atoms with van der Waals surface area (Å²) in [6.07, 6.45) is -6.56. The van der Waals surface area contributed by atoms with Crippen LogP contribution in [0.15, 0.2) is 79.1 Å². The van der Waals surface area contributed by atoms with Gasteiger partial charge < -0.3 is 19.6 Å². The Balaban J connectivity index is 1.21. The van der Waals surface area contributed by atoms with Gasteiger partial charge in [-0.1, -0.05) is 42.5 Å². The van der Waals surface area contributed by atoms with E-state index in [4.69, 9.17) is 4.74 Å². The normalized spacial score (nSPS) is 17.2. The highest BCUT2D eigenvalue weighted by Gasteiger charge is 2.61. The van der Waals surface area contributed by atoms with E-state index in [1.54, 1.807) is 12.1 Å². The van der Waals surface area contributed by atoms with Crippen LogP contribution in [-0.4, -0.2) is 81.4 Å². The molecule has 2 aliphatic heterocycles. The highest BCUT2D eigenvalue weighted by molar-refractivity contribution is 5.97. The highest BCUT2D eigenvalue weighted by Crippen LogP contribution is 2.48. The van der Waals surface area contributed by atoms with Crippen LogP contribution in [0.5, 0.6) is 0 Å². The van der Waals surface area contributed by atoms with Crippen LogP contribution in [0.2, 0.25) is 0 Å². The Bertz CT molecular complexity index is 2050. The van der Waals surface area contributed by atoms with Gasteiger partial charge in [-0.15, -0.1) is 0 Å². The topological polar surface area (TPSA) is 105 Å². The average Bonchev–Trinajstić information content (AvgIpc) is 3.72. The quantitative estimate of drug-likeness (QED) is 0.172. The number of aromatic nitrogens is 2. The summed E-state index contributed by atoms with van der Waals surface area (Å²) in [7, 11) is 0. The van der Waals surface area contributed by atoms with Crippen molar-refractivity contribution in [1.82, 2.24) is 19.6 Å². The second kappa shape index (κ2) is 14.2. The van der Waals surface area contributed by atoms with Crippen molar-refractivity contribution < 1.29 is 55.0 Å². The summed E-state index contributed by atoms with van der Waals surface area (Å²) in [6.45, 7) is 1.53. The molecule has 6 rings (SSSR count). The maximum absolute atomic E-state index is 13.8. The van der Waals surface area contributed by atoms with E-state index >= 15 is 0 Å². The van der Waals surface area contributed by atoms with Crippen LogP contribution < -0.4 is 0 Å². The Morgan fingerprint density at radius 1 is 0.926 bits per heavy atom. The molecule has 0 unspecified atom stereocenters. The third kappa shape index (κ3) is 7.56. The van der Waals surface area contributed by atoms with Crippen molar-refractivity contribution in [2.45, 2.75) is 39.4 Å². The molecule has 286 valence electrons. The van der Waals surface area contributed by atoms with Crippen molar-refractivity contribution in [2.75, 3.05) is 32.8 Å². The number of alkyl halides is 6. The van der Waals surface area contributed by atoms with E-state index in [0.717, 1.165) is 36.4 Å². The summed E-state index contributed by atoms with van der Waals surface area (Å²) >= 11 is 0. The molecule has 1 spiro atoms.